The molecule has 2 heteroatoms. The van der Waals surface area contributed by atoms with E-state index in [2.05, 4.69) is 19.7 Å². The van der Waals surface area contributed by atoms with Gasteiger partial charge in [0.1, 0.15) is 0 Å². The van der Waals surface area contributed by atoms with E-state index in [-0.39, 0.29) is 5.57 Å². The Morgan fingerprint density at radius 3 is 1.25 bits per heavy atom. The Balaban J connectivity index is 0. The number of carbonyl (C=O) groups is 1. The molecule has 0 aliphatic carbocycles. The molecule has 0 fully saturated rings. The molecule has 1 rings (SSSR count). The highest BCUT2D eigenvalue weighted by Gasteiger charge is 1.90. The van der Waals surface area contributed by atoms with Gasteiger partial charge < -0.3 is 5.11 Å². The number of carboxylic acids is 1. The molecule has 0 aliphatic heterocycles. The van der Waals surface area contributed by atoms with Crippen molar-refractivity contribution in [2.45, 2.75) is 6.92 Å². The summed E-state index contributed by atoms with van der Waals surface area (Å²) in [6, 6.07) is 12.0. The summed E-state index contributed by atoms with van der Waals surface area (Å²) < 4.78 is 0. The maximum absolute atomic E-state index is 9.60. The first-order chi connectivity index (χ1) is 7.56. The van der Waals surface area contributed by atoms with Crippen molar-refractivity contribution in [2.75, 3.05) is 0 Å². The maximum Gasteiger partial charge on any atom is 0.330 e. The number of benzene rings is 1. The van der Waals surface area contributed by atoms with Crippen LogP contribution in [0.2, 0.25) is 0 Å². The van der Waals surface area contributed by atoms with E-state index in [0.29, 0.717) is 0 Å². The zero-order chi connectivity index (χ0) is 12.8. The molecule has 1 N–H and O–H groups in total. The number of aliphatic carboxylic acids is 1. The third-order valence-corrected chi connectivity index (χ3v) is 1.20. The van der Waals surface area contributed by atoms with E-state index in [9.17, 15) is 4.79 Å². The second kappa shape index (κ2) is 12.9. The van der Waals surface area contributed by atoms with Crippen LogP contribution in [-0.2, 0) is 4.79 Å². The molecule has 0 aliphatic rings. The van der Waals surface area contributed by atoms with Crippen molar-refractivity contribution < 1.29 is 9.90 Å². The van der Waals surface area contributed by atoms with E-state index in [1.54, 1.807) is 12.2 Å². The second-order valence-corrected chi connectivity index (χ2v) is 2.71. The van der Waals surface area contributed by atoms with Crippen LogP contribution >= 0.6 is 0 Å². The summed E-state index contributed by atoms with van der Waals surface area (Å²) in [7, 11) is 0. The van der Waals surface area contributed by atoms with E-state index in [0.717, 1.165) is 0 Å². The minimum Gasteiger partial charge on any atom is -0.478 e. The maximum atomic E-state index is 9.60. The van der Waals surface area contributed by atoms with Gasteiger partial charge in [0.05, 0.1) is 0 Å². The van der Waals surface area contributed by atoms with Gasteiger partial charge >= 0.3 is 5.97 Å². The molecule has 0 heterocycles. The van der Waals surface area contributed by atoms with E-state index in [4.69, 9.17) is 5.11 Å². The Bertz CT molecular complexity index is 268. The van der Waals surface area contributed by atoms with Gasteiger partial charge in [-0.2, -0.15) is 0 Å². The molecule has 0 unspecified atom stereocenters. The van der Waals surface area contributed by atoms with Gasteiger partial charge in [0.2, 0.25) is 0 Å². The van der Waals surface area contributed by atoms with Crippen molar-refractivity contribution >= 4 is 5.97 Å². The fourth-order valence-corrected chi connectivity index (χ4v) is 0.385. The van der Waals surface area contributed by atoms with Gasteiger partial charge in [0, 0.05) is 5.57 Å². The summed E-state index contributed by atoms with van der Waals surface area (Å²) in [5.41, 5.74) is 0.176. The third kappa shape index (κ3) is 17.9. The average molecular weight is 218 g/mol. The summed E-state index contributed by atoms with van der Waals surface area (Å²) in [5, 5.41) is 7.89. The van der Waals surface area contributed by atoms with Crippen molar-refractivity contribution in [3.05, 3.63) is 73.9 Å². The number of rotatable bonds is 2. The largest absolute Gasteiger partial charge is 0.478 e. The minimum absolute atomic E-state index is 0.176. The third-order valence-electron chi connectivity index (χ3n) is 1.20. The molecular formula is C14H18O2. The topological polar surface area (TPSA) is 37.3 Å². The van der Waals surface area contributed by atoms with E-state index < -0.39 is 5.97 Å². The van der Waals surface area contributed by atoms with E-state index in [1.807, 2.05) is 36.4 Å². The van der Waals surface area contributed by atoms with Crippen LogP contribution in [0.15, 0.2) is 73.9 Å². The first-order valence-corrected chi connectivity index (χ1v) is 4.68. The SMILES string of the molecule is C=C(C)C(=O)O.C=CC=C.c1ccccc1. The van der Waals surface area contributed by atoms with Crippen LogP contribution < -0.4 is 0 Å². The van der Waals surface area contributed by atoms with Crippen LogP contribution in [0, 0.1) is 0 Å². The highest BCUT2D eigenvalue weighted by molar-refractivity contribution is 5.84. The Kier molecular flexibility index (Phi) is 13.2. The van der Waals surface area contributed by atoms with Crippen LogP contribution in [0.25, 0.3) is 0 Å². The minimum atomic E-state index is -0.935. The van der Waals surface area contributed by atoms with Gasteiger partial charge in [0.25, 0.3) is 0 Å². The standard InChI is InChI=1S/C6H6.C4H6O2.C4H6/c1-2-4-6-5-3-1;1-3(2)4(5)6;1-3-4-2/h1-6H;1H2,2H3,(H,5,6);3-4H,1-2H2. The molecule has 0 saturated heterocycles. The Hall–Kier alpha value is -2.09. The van der Waals surface area contributed by atoms with Crippen LogP contribution in [0.4, 0.5) is 0 Å². The highest BCUT2D eigenvalue weighted by Crippen LogP contribution is 1.81. The van der Waals surface area contributed by atoms with Crippen molar-refractivity contribution in [1.29, 1.82) is 0 Å². The van der Waals surface area contributed by atoms with Gasteiger partial charge in [-0.3, -0.25) is 0 Å². The lowest BCUT2D eigenvalue weighted by Crippen LogP contribution is -1.92. The van der Waals surface area contributed by atoms with Gasteiger partial charge in [-0.1, -0.05) is 68.3 Å². The first-order valence-electron chi connectivity index (χ1n) is 4.68. The number of allylic oxidation sites excluding steroid dienone is 2. The summed E-state index contributed by atoms with van der Waals surface area (Å²) in [4.78, 5) is 9.60. The molecule has 0 aromatic heterocycles. The highest BCUT2D eigenvalue weighted by atomic mass is 16.4. The zero-order valence-corrected chi connectivity index (χ0v) is 9.60. The lowest BCUT2D eigenvalue weighted by molar-refractivity contribution is -0.132. The second-order valence-electron chi connectivity index (χ2n) is 2.71. The molecule has 0 radical (unpaired) electrons. The molecule has 86 valence electrons. The average Bonchev–Trinajstić information content (AvgIpc) is 2.32. The molecule has 2 nitrogen and oxygen atoms in total. The monoisotopic (exact) mass is 218 g/mol. The number of hydrogen-bond acceptors (Lipinski definition) is 1. The normalized spacial score (nSPS) is 7.06. The lowest BCUT2D eigenvalue weighted by Gasteiger charge is -1.79. The van der Waals surface area contributed by atoms with Crippen molar-refractivity contribution in [1.82, 2.24) is 0 Å². The molecule has 0 amide bonds. The van der Waals surface area contributed by atoms with Crippen LogP contribution in [-0.4, -0.2) is 11.1 Å². The fourth-order valence-electron chi connectivity index (χ4n) is 0.385. The summed E-state index contributed by atoms with van der Waals surface area (Å²) in [6.45, 7) is 11.3. The molecule has 0 atom stereocenters. The van der Waals surface area contributed by atoms with E-state index in [1.165, 1.54) is 6.92 Å². The molecule has 1 aromatic carbocycles. The zero-order valence-electron chi connectivity index (χ0n) is 9.60. The molecule has 0 spiro atoms. The van der Waals surface area contributed by atoms with Crippen LogP contribution in [0.3, 0.4) is 0 Å². The summed E-state index contributed by atoms with van der Waals surface area (Å²) in [6.07, 6.45) is 3.28. The van der Waals surface area contributed by atoms with Gasteiger partial charge in [-0.25, -0.2) is 4.79 Å². The Morgan fingerprint density at radius 1 is 1.00 bits per heavy atom. The Labute approximate surface area is 97.2 Å². The fraction of sp³-hybridized carbons (Fsp3) is 0.0714. The van der Waals surface area contributed by atoms with Crippen LogP contribution in [0.1, 0.15) is 6.92 Å². The predicted octanol–water partition coefficient (Wildman–Crippen LogP) is 3.69. The van der Waals surface area contributed by atoms with Crippen molar-refractivity contribution in [3.8, 4) is 0 Å². The van der Waals surface area contributed by atoms with Crippen molar-refractivity contribution in [2.24, 2.45) is 0 Å². The number of hydrogen-bond donors (Lipinski definition) is 1. The van der Waals surface area contributed by atoms with Crippen LogP contribution in [0.5, 0.6) is 0 Å². The molecule has 1 aromatic rings. The lowest BCUT2D eigenvalue weighted by atomic mass is 10.4. The quantitative estimate of drug-likeness (QED) is 0.607. The first kappa shape index (κ1) is 16.3. The molecule has 0 saturated carbocycles. The summed E-state index contributed by atoms with van der Waals surface area (Å²) >= 11 is 0. The molecular weight excluding hydrogens is 200 g/mol. The number of carboxylic acid groups (broad SMARTS) is 1. The molecule has 16 heavy (non-hydrogen) atoms. The Morgan fingerprint density at radius 2 is 1.19 bits per heavy atom. The predicted molar refractivity (Wildman–Crippen MR) is 69.3 cm³/mol. The van der Waals surface area contributed by atoms with Gasteiger partial charge in [0.15, 0.2) is 0 Å². The smallest absolute Gasteiger partial charge is 0.330 e. The summed E-state index contributed by atoms with van der Waals surface area (Å²) in [5.74, 6) is -0.935. The molecule has 0 bridgehead atoms. The van der Waals surface area contributed by atoms with Crippen molar-refractivity contribution in [3.63, 3.8) is 0 Å². The van der Waals surface area contributed by atoms with E-state index >= 15 is 0 Å². The van der Waals surface area contributed by atoms with Gasteiger partial charge in [-0.15, -0.1) is 0 Å². The van der Waals surface area contributed by atoms with Gasteiger partial charge in [-0.05, 0) is 6.92 Å².